The Labute approximate surface area is 118 Å². The minimum Gasteiger partial charge on any atom is -0.464 e. The number of carbonyl (C=O) groups excluding carboxylic acids is 1. The number of carbonyl (C=O) groups is 1. The van der Waals surface area contributed by atoms with Gasteiger partial charge in [0.05, 0.1) is 12.7 Å². The first kappa shape index (κ1) is 14.6. The molecular weight excluding hydrogens is 254 g/mol. The first-order valence-corrected chi connectivity index (χ1v) is 6.94. The number of amides is 1. The third-order valence-corrected chi connectivity index (χ3v) is 3.43. The molecule has 2 N–H and O–H groups in total. The Morgan fingerprint density at radius 2 is 2.25 bits per heavy atom. The molecule has 1 aromatic carbocycles. The van der Waals surface area contributed by atoms with E-state index in [2.05, 4.69) is 5.32 Å². The van der Waals surface area contributed by atoms with Gasteiger partial charge in [0, 0.05) is 24.1 Å². The molecule has 4 nitrogen and oxygen atoms in total. The van der Waals surface area contributed by atoms with Crippen molar-refractivity contribution in [3.8, 4) is 0 Å². The van der Waals surface area contributed by atoms with Gasteiger partial charge in [0.15, 0.2) is 0 Å². The van der Waals surface area contributed by atoms with E-state index < -0.39 is 0 Å². The summed E-state index contributed by atoms with van der Waals surface area (Å²) in [5.41, 5.74) is 2.87. The van der Waals surface area contributed by atoms with Crippen LogP contribution in [0.25, 0.3) is 11.0 Å². The summed E-state index contributed by atoms with van der Waals surface area (Å²) in [6, 6.07) is 5.98. The number of aliphatic hydroxyl groups is 1. The van der Waals surface area contributed by atoms with E-state index in [1.165, 1.54) is 0 Å². The van der Waals surface area contributed by atoms with E-state index >= 15 is 0 Å². The summed E-state index contributed by atoms with van der Waals surface area (Å²) in [5, 5.41) is 12.7. The Morgan fingerprint density at radius 3 is 3.00 bits per heavy atom. The molecule has 0 saturated heterocycles. The van der Waals surface area contributed by atoms with Crippen molar-refractivity contribution in [1.82, 2.24) is 5.32 Å². The highest BCUT2D eigenvalue weighted by molar-refractivity contribution is 5.87. The molecule has 0 spiro atoms. The number of rotatable bonds is 6. The zero-order chi connectivity index (χ0) is 14.5. The number of nitrogens with one attached hydrogen (secondary N) is 1. The van der Waals surface area contributed by atoms with Crippen LogP contribution in [0.5, 0.6) is 0 Å². The van der Waals surface area contributed by atoms with E-state index in [0.717, 1.165) is 22.1 Å². The minimum atomic E-state index is -0.0157. The van der Waals surface area contributed by atoms with Crippen molar-refractivity contribution in [2.45, 2.75) is 26.7 Å². The Balaban J connectivity index is 1.96. The number of benzene rings is 1. The van der Waals surface area contributed by atoms with Crippen LogP contribution in [-0.4, -0.2) is 24.2 Å². The highest BCUT2D eigenvalue weighted by Gasteiger charge is 2.11. The molecule has 108 valence electrons. The number of furan rings is 1. The van der Waals surface area contributed by atoms with Crippen LogP contribution in [0, 0.1) is 12.8 Å². The molecule has 0 radical (unpaired) electrons. The highest BCUT2D eigenvalue weighted by atomic mass is 16.3. The molecule has 2 rings (SSSR count). The predicted octanol–water partition coefficient (Wildman–Crippen LogP) is 2.42. The highest BCUT2D eigenvalue weighted by Crippen LogP contribution is 2.22. The van der Waals surface area contributed by atoms with Crippen molar-refractivity contribution in [1.29, 1.82) is 0 Å². The van der Waals surface area contributed by atoms with Crippen molar-refractivity contribution in [2.75, 3.05) is 13.2 Å². The van der Waals surface area contributed by atoms with Crippen molar-refractivity contribution in [2.24, 2.45) is 5.92 Å². The third-order valence-electron chi connectivity index (χ3n) is 3.43. The van der Waals surface area contributed by atoms with Crippen molar-refractivity contribution in [3.05, 3.63) is 35.6 Å². The molecule has 0 saturated carbocycles. The van der Waals surface area contributed by atoms with Gasteiger partial charge in [-0.1, -0.05) is 19.1 Å². The number of hydrogen-bond acceptors (Lipinski definition) is 3. The zero-order valence-corrected chi connectivity index (χ0v) is 12.0. The second-order valence-electron chi connectivity index (χ2n) is 5.36. The quantitative estimate of drug-likeness (QED) is 0.851. The summed E-state index contributed by atoms with van der Waals surface area (Å²) in [7, 11) is 0. The molecule has 0 fully saturated rings. The molecule has 0 bridgehead atoms. The van der Waals surface area contributed by atoms with Crippen molar-refractivity contribution < 1.29 is 14.3 Å². The van der Waals surface area contributed by atoms with Crippen LogP contribution in [0.4, 0.5) is 0 Å². The molecule has 1 heterocycles. The number of fused-ring (bicyclic) bond motifs is 1. The fourth-order valence-electron chi connectivity index (χ4n) is 2.17. The topological polar surface area (TPSA) is 62.5 Å². The predicted molar refractivity (Wildman–Crippen MR) is 78.5 cm³/mol. The zero-order valence-electron chi connectivity index (χ0n) is 12.0. The Hall–Kier alpha value is -1.81. The molecule has 20 heavy (non-hydrogen) atoms. The second-order valence-corrected chi connectivity index (χ2v) is 5.36. The average molecular weight is 275 g/mol. The van der Waals surface area contributed by atoms with Gasteiger partial charge in [0.2, 0.25) is 5.91 Å². The van der Waals surface area contributed by atoms with E-state index in [1.807, 2.05) is 32.0 Å². The fourth-order valence-corrected chi connectivity index (χ4v) is 2.17. The van der Waals surface area contributed by atoms with Gasteiger partial charge in [-0.3, -0.25) is 4.79 Å². The molecule has 4 heteroatoms. The third kappa shape index (κ3) is 3.61. The molecule has 2 aromatic rings. The first-order chi connectivity index (χ1) is 9.60. The van der Waals surface area contributed by atoms with Crippen LogP contribution in [-0.2, 0) is 11.2 Å². The normalized spacial score (nSPS) is 12.6. The lowest BCUT2D eigenvalue weighted by Gasteiger charge is -2.10. The SMILES string of the molecule is Cc1ccc2c(CC(=O)NCC(C)CCO)coc2c1. The van der Waals surface area contributed by atoms with Gasteiger partial charge in [-0.05, 0) is 30.9 Å². The Kier molecular flexibility index (Phi) is 4.79. The standard InChI is InChI=1S/C16H21NO3/c1-11-3-4-14-13(10-20-15(14)7-11)8-16(19)17-9-12(2)5-6-18/h3-4,7,10,12,18H,5-6,8-9H2,1-2H3,(H,17,19). The summed E-state index contributed by atoms with van der Waals surface area (Å²) >= 11 is 0. The Morgan fingerprint density at radius 1 is 1.45 bits per heavy atom. The molecule has 0 aliphatic rings. The van der Waals surface area contributed by atoms with Gasteiger partial charge in [-0.25, -0.2) is 0 Å². The molecule has 1 unspecified atom stereocenters. The fraction of sp³-hybridized carbons (Fsp3) is 0.438. The van der Waals surface area contributed by atoms with Crippen LogP contribution in [0.3, 0.4) is 0 Å². The summed E-state index contributed by atoms with van der Waals surface area (Å²) in [4.78, 5) is 11.9. The van der Waals surface area contributed by atoms with Gasteiger partial charge < -0.3 is 14.8 Å². The maximum Gasteiger partial charge on any atom is 0.224 e. The number of hydrogen-bond donors (Lipinski definition) is 2. The minimum absolute atomic E-state index is 0.0157. The van der Waals surface area contributed by atoms with Crippen molar-refractivity contribution in [3.63, 3.8) is 0 Å². The van der Waals surface area contributed by atoms with Gasteiger partial charge in [-0.15, -0.1) is 0 Å². The van der Waals surface area contributed by atoms with Gasteiger partial charge in [0.1, 0.15) is 5.58 Å². The van der Waals surface area contributed by atoms with Crippen LogP contribution >= 0.6 is 0 Å². The van der Waals surface area contributed by atoms with Crippen LogP contribution < -0.4 is 5.32 Å². The molecule has 0 aliphatic heterocycles. The van der Waals surface area contributed by atoms with E-state index in [9.17, 15) is 4.79 Å². The van der Waals surface area contributed by atoms with E-state index in [4.69, 9.17) is 9.52 Å². The summed E-state index contributed by atoms with van der Waals surface area (Å²) < 4.78 is 5.48. The maximum atomic E-state index is 11.9. The molecule has 0 aliphatic carbocycles. The van der Waals surface area contributed by atoms with Crippen LogP contribution in [0.15, 0.2) is 28.9 Å². The maximum absolute atomic E-state index is 11.9. The second kappa shape index (κ2) is 6.57. The van der Waals surface area contributed by atoms with E-state index in [0.29, 0.717) is 19.4 Å². The smallest absolute Gasteiger partial charge is 0.224 e. The average Bonchev–Trinajstić information content (AvgIpc) is 2.79. The van der Waals surface area contributed by atoms with E-state index in [1.54, 1.807) is 6.26 Å². The molecular formula is C16H21NO3. The number of aliphatic hydroxyl groups excluding tert-OH is 1. The lowest BCUT2D eigenvalue weighted by Crippen LogP contribution is -2.29. The first-order valence-electron chi connectivity index (χ1n) is 6.94. The molecule has 1 aromatic heterocycles. The molecule has 1 amide bonds. The summed E-state index contributed by atoms with van der Waals surface area (Å²) in [6.07, 6.45) is 2.68. The Bertz CT molecular complexity index is 588. The largest absolute Gasteiger partial charge is 0.464 e. The lowest BCUT2D eigenvalue weighted by atomic mass is 10.1. The summed E-state index contributed by atoms with van der Waals surface area (Å²) in [5.74, 6) is 0.269. The molecule has 1 atom stereocenters. The van der Waals surface area contributed by atoms with Crippen LogP contribution in [0.1, 0.15) is 24.5 Å². The van der Waals surface area contributed by atoms with Gasteiger partial charge in [0.25, 0.3) is 0 Å². The number of aryl methyl sites for hydroxylation is 1. The summed E-state index contributed by atoms with van der Waals surface area (Å²) in [6.45, 7) is 4.76. The van der Waals surface area contributed by atoms with Gasteiger partial charge >= 0.3 is 0 Å². The van der Waals surface area contributed by atoms with Crippen molar-refractivity contribution >= 4 is 16.9 Å². The van der Waals surface area contributed by atoms with Gasteiger partial charge in [-0.2, -0.15) is 0 Å². The monoisotopic (exact) mass is 275 g/mol. The lowest BCUT2D eigenvalue weighted by molar-refractivity contribution is -0.120. The van der Waals surface area contributed by atoms with Crippen LogP contribution in [0.2, 0.25) is 0 Å². The van der Waals surface area contributed by atoms with E-state index in [-0.39, 0.29) is 18.4 Å².